The summed E-state index contributed by atoms with van der Waals surface area (Å²) < 4.78 is 7.44. The number of hydrogen-bond acceptors (Lipinski definition) is 5. The predicted octanol–water partition coefficient (Wildman–Crippen LogP) is 3.18. The maximum Gasteiger partial charge on any atom is 0.205 e. The average Bonchev–Trinajstić information content (AvgIpc) is 3.23. The minimum Gasteiger partial charge on any atom is -0.494 e. The summed E-state index contributed by atoms with van der Waals surface area (Å²) in [4.78, 5) is 3.55. The van der Waals surface area contributed by atoms with E-state index in [4.69, 9.17) is 11.3 Å². The summed E-state index contributed by atoms with van der Waals surface area (Å²) in [6.45, 7) is 8.90. The number of benzene rings is 2. The summed E-state index contributed by atoms with van der Waals surface area (Å²) in [7, 11) is 0. The van der Waals surface area contributed by atoms with Crippen LogP contribution in [-0.2, 0) is 15.9 Å². The van der Waals surface area contributed by atoms with Crippen molar-refractivity contribution in [2.75, 3.05) is 6.61 Å². The molecule has 7 nitrogen and oxygen atoms in total. The van der Waals surface area contributed by atoms with Gasteiger partial charge in [-0.3, -0.25) is 4.57 Å². The van der Waals surface area contributed by atoms with Crippen LogP contribution in [0.3, 0.4) is 0 Å². The van der Waals surface area contributed by atoms with E-state index in [9.17, 15) is 20.4 Å². The molecule has 0 radical (unpaired) electrons. The number of ether oxygens (including phenoxy) is 1. The molecule has 0 amide bonds. The molecule has 1 aromatic heterocycles. The topological polar surface area (TPSA) is 99.4 Å². The second-order valence-electron chi connectivity index (χ2n) is 7.89. The molecule has 3 atom stereocenters. The molecule has 2 aliphatic heterocycles. The van der Waals surface area contributed by atoms with Crippen LogP contribution < -0.4 is 0 Å². The van der Waals surface area contributed by atoms with Crippen LogP contribution in [0.15, 0.2) is 36.4 Å². The van der Waals surface area contributed by atoms with Crippen molar-refractivity contribution in [3.05, 3.63) is 58.9 Å². The van der Waals surface area contributed by atoms with E-state index in [-0.39, 0.29) is 31.2 Å². The van der Waals surface area contributed by atoms with Gasteiger partial charge in [-0.05, 0) is 23.8 Å². The summed E-state index contributed by atoms with van der Waals surface area (Å²) in [6.07, 6.45) is -0.448. The van der Waals surface area contributed by atoms with Crippen molar-refractivity contribution < 1.29 is 25.2 Å². The third-order valence-electron chi connectivity index (χ3n) is 6.39. The fourth-order valence-corrected chi connectivity index (χ4v) is 5.09. The van der Waals surface area contributed by atoms with E-state index in [1.165, 1.54) is 4.57 Å². The van der Waals surface area contributed by atoms with Crippen LogP contribution in [0.4, 0.5) is 5.69 Å². The first-order valence-electron chi connectivity index (χ1n) is 9.44. The number of aromatic nitrogens is 1. The summed E-state index contributed by atoms with van der Waals surface area (Å²) in [5.74, 6) is -0.387. The largest absolute Gasteiger partial charge is 0.494 e. The highest BCUT2D eigenvalue weighted by Crippen LogP contribution is 2.65. The standard InChI is InChI=1S/C22H20N2O5/c1-21-16(26)11-22(29-21,9-10-25)18-17(21)19(27)24(20(18)28)15-8-7-14(23-2)12-5-3-4-6-13(12)15/h3-8,16,25-28H,9-11H2,1H3/t16-,21?,22?/m1/s1. The van der Waals surface area contributed by atoms with Crippen molar-refractivity contribution in [3.63, 3.8) is 0 Å². The summed E-state index contributed by atoms with van der Waals surface area (Å²) in [5.41, 5.74) is -0.476. The maximum absolute atomic E-state index is 11.2. The fraction of sp³-hybridized carbons (Fsp3) is 0.318. The lowest BCUT2D eigenvalue weighted by Gasteiger charge is -2.26. The van der Waals surface area contributed by atoms with Crippen molar-refractivity contribution in [3.8, 4) is 17.4 Å². The zero-order valence-corrected chi connectivity index (χ0v) is 15.8. The van der Waals surface area contributed by atoms with Crippen LogP contribution in [-0.4, -0.2) is 37.7 Å². The Morgan fingerprint density at radius 1 is 1.14 bits per heavy atom. The number of aromatic hydroxyl groups is 2. The Morgan fingerprint density at radius 3 is 2.52 bits per heavy atom. The molecule has 148 valence electrons. The Hall–Kier alpha value is -3.05. The summed E-state index contributed by atoms with van der Waals surface area (Å²) >= 11 is 0. The molecule has 2 aromatic carbocycles. The van der Waals surface area contributed by atoms with Crippen LogP contribution in [0.2, 0.25) is 0 Å². The zero-order valence-electron chi connectivity index (χ0n) is 15.8. The fourth-order valence-electron chi connectivity index (χ4n) is 5.09. The van der Waals surface area contributed by atoms with Gasteiger partial charge in [0.05, 0.1) is 29.5 Å². The molecule has 3 aromatic rings. The lowest BCUT2D eigenvalue weighted by molar-refractivity contribution is -0.108. The molecule has 0 aliphatic carbocycles. The Bertz CT molecular complexity index is 1210. The highest BCUT2D eigenvalue weighted by molar-refractivity contribution is 6.00. The summed E-state index contributed by atoms with van der Waals surface area (Å²) in [5, 5.41) is 43.9. The van der Waals surface area contributed by atoms with Gasteiger partial charge in [0.25, 0.3) is 0 Å². The Labute approximate surface area is 166 Å². The Morgan fingerprint density at radius 2 is 1.83 bits per heavy atom. The Kier molecular flexibility index (Phi) is 3.56. The molecule has 3 heterocycles. The SMILES string of the molecule is [C-]#[N+]c1ccc(-n2c(O)c3c(c2O)C2(C)OC3(CCO)C[C@H]2O)c2ccccc12. The molecular weight excluding hydrogens is 372 g/mol. The second-order valence-corrected chi connectivity index (χ2v) is 7.89. The van der Waals surface area contributed by atoms with Crippen molar-refractivity contribution in [1.82, 2.24) is 4.57 Å². The van der Waals surface area contributed by atoms with E-state index in [2.05, 4.69) is 4.85 Å². The van der Waals surface area contributed by atoms with Gasteiger partial charge in [-0.2, -0.15) is 0 Å². The molecule has 2 bridgehead atoms. The first-order valence-corrected chi connectivity index (χ1v) is 9.44. The third kappa shape index (κ3) is 2.06. The lowest BCUT2D eigenvalue weighted by Crippen LogP contribution is -2.33. The molecule has 0 spiro atoms. The normalized spacial score (nSPS) is 27.3. The third-order valence-corrected chi connectivity index (χ3v) is 6.39. The van der Waals surface area contributed by atoms with Crippen molar-refractivity contribution in [2.24, 2.45) is 0 Å². The van der Waals surface area contributed by atoms with Crippen LogP contribution in [0, 0.1) is 6.57 Å². The van der Waals surface area contributed by atoms with Crippen molar-refractivity contribution in [2.45, 2.75) is 37.1 Å². The molecule has 1 saturated heterocycles. The van der Waals surface area contributed by atoms with Gasteiger partial charge in [0, 0.05) is 19.4 Å². The van der Waals surface area contributed by atoms with Gasteiger partial charge in [0.2, 0.25) is 11.8 Å². The van der Waals surface area contributed by atoms with E-state index in [0.717, 1.165) is 0 Å². The molecule has 7 heteroatoms. The molecule has 1 fully saturated rings. The number of nitrogens with zero attached hydrogens (tertiary/aromatic N) is 2. The maximum atomic E-state index is 11.2. The minimum absolute atomic E-state index is 0.178. The highest BCUT2D eigenvalue weighted by Gasteiger charge is 2.65. The first-order chi connectivity index (χ1) is 13.9. The van der Waals surface area contributed by atoms with Crippen LogP contribution >= 0.6 is 0 Å². The van der Waals surface area contributed by atoms with E-state index in [1.807, 2.05) is 24.3 Å². The average molecular weight is 392 g/mol. The molecule has 2 aliphatic rings. The van der Waals surface area contributed by atoms with Gasteiger partial charge in [-0.25, -0.2) is 4.85 Å². The monoisotopic (exact) mass is 392 g/mol. The minimum atomic E-state index is -1.18. The highest BCUT2D eigenvalue weighted by atomic mass is 16.6. The number of hydrogen-bond donors (Lipinski definition) is 4. The Balaban J connectivity index is 1.83. The van der Waals surface area contributed by atoms with Gasteiger partial charge in [-0.15, -0.1) is 0 Å². The second kappa shape index (κ2) is 5.74. The zero-order chi connectivity index (χ0) is 20.6. The molecular formula is C22H20N2O5. The molecule has 5 rings (SSSR count). The van der Waals surface area contributed by atoms with E-state index < -0.39 is 17.3 Å². The number of aliphatic hydroxyl groups is 2. The van der Waals surface area contributed by atoms with Crippen molar-refractivity contribution >= 4 is 16.5 Å². The van der Waals surface area contributed by atoms with Crippen LogP contribution in [0.25, 0.3) is 21.3 Å². The molecule has 0 saturated carbocycles. The molecule has 29 heavy (non-hydrogen) atoms. The lowest BCUT2D eigenvalue weighted by atomic mass is 9.76. The number of rotatable bonds is 3. The number of fused-ring (bicyclic) bond motifs is 6. The molecule has 2 unspecified atom stereocenters. The van der Waals surface area contributed by atoms with E-state index >= 15 is 0 Å². The predicted molar refractivity (Wildman–Crippen MR) is 105 cm³/mol. The smallest absolute Gasteiger partial charge is 0.205 e. The van der Waals surface area contributed by atoms with Crippen LogP contribution in [0.1, 0.15) is 30.9 Å². The molecule has 4 N–H and O–H groups in total. The quantitative estimate of drug-likeness (QED) is 0.513. The van der Waals surface area contributed by atoms with Gasteiger partial charge < -0.3 is 25.2 Å². The number of aliphatic hydroxyl groups excluding tert-OH is 2. The van der Waals surface area contributed by atoms with Gasteiger partial charge in [0.1, 0.15) is 11.2 Å². The van der Waals surface area contributed by atoms with Crippen LogP contribution in [0.5, 0.6) is 11.8 Å². The van der Waals surface area contributed by atoms with Gasteiger partial charge >= 0.3 is 0 Å². The van der Waals surface area contributed by atoms with Gasteiger partial charge in [0.15, 0.2) is 5.69 Å². The van der Waals surface area contributed by atoms with Crippen molar-refractivity contribution in [1.29, 1.82) is 0 Å². The van der Waals surface area contributed by atoms with Gasteiger partial charge in [-0.1, -0.05) is 30.3 Å². The van der Waals surface area contributed by atoms with E-state index in [0.29, 0.717) is 33.3 Å². The first kappa shape index (κ1) is 18.0. The van der Waals surface area contributed by atoms with E-state index in [1.54, 1.807) is 19.1 Å². The summed E-state index contributed by atoms with van der Waals surface area (Å²) in [6, 6.07) is 10.6.